The summed E-state index contributed by atoms with van der Waals surface area (Å²) < 4.78 is 28.2. The Labute approximate surface area is 110 Å². The van der Waals surface area contributed by atoms with Gasteiger partial charge in [0.1, 0.15) is 5.82 Å². The average molecular weight is 273 g/mol. The SMILES string of the molecule is COCCOCCCOc1cc(F)ccc1[N+](=O)[O-]. The Bertz CT molecular complexity index is 413. The van der Waals surface area contributed by atoms with Crippen LogP contribution in [0.5, 0.6) is 5.75 Å². The second-order valence-electron chi connectivity index (χ2n) is 3.68. The normalized spacial score (nSPS) is 10.4. The molecule has 0 aliphatic carbocycles. The van der Waals surface area contributed by atoms with E-state index in [1.807, 2.05) is 0 Å². The second kappa shape index (κ2) is 8.39. The minimum absolute atomic E-state index is 0.0677. The van der Waals surface area contributed by atoms with Crippen LogP contribution in [-0.2, 0) is 9.47 Å². The number of halogens is 1. The molecule has 1 rings (SSSR count). The summed E-state index contributed by atoms with van der Waals surface area (Å²) in [5.41, 5.74) is -0.248. The first kappa shape index (κ1) is 15.3. The fraction of sp³-hybridized carbons (Fsp3) is 0.500. The lowest BCUT2D eigenvalue weighted by atomic mass is 10.3. The summed E-state index contributed by atoms with van der Waals surface area (Å²) in [5.74, 6) is -0.640. The lowest BCUT2D eigenvalue weighted by Crippen LogP contribution is -2.07. The Balaban J connectivity index is 2.36. The number of benzene rings is 1. The van der Waals surface area contributed by atoms with Crippen LogP contribution >= 0.6 is 0 Å². The van der Waals surface area contributed by atoms with E-state index in [2.05, 4.69) is 0 Å². The lowest BCUT2D eigenvalue weighted by Gasteiger charge is -2.07. The summed E-state index contributed by atoms with van der Waals surface area (Å²) in [6.07, 6.45) is 0.553. The topological polar surface area (TPSA) is 70.8 Å². The van der Waals surface area contributed by atoms with Crippen molar-refractivity contribution >= 4 is 5.69 Å². The maximum absolute atomic E-state index is 13.0. The molecule has 0 aliphatic rings. The van der Waals surface area contributed by atoms with E-state index >= 15 is 0 Å². The van der Waals surface area contributed by atoms with Crippen LogP contribution in [0.15, 0.2) is 18.2 Å². The van der Waals surface area contributed by atoms with Gasteiger partial charge in [-0.25, -0.2) is 4.39 Å². The number of nitro groups is 1. The quantitative estimate of drug-likeness (QED) is 0.392. The zero-order valence-electron chi connectivity index (χ0n) is 10.6. The molecule has 0 saturated carbocycles. The fourth-order valence-corrected chi connectivity index (χ4v) is 1.34. The van der Waals surface area contributed by atoms with Crippen LogP contribution in [0.25, 0.3) is 0 Å². The molecule has 0 aliphatic heterocycles. The van der Waals surface area contributed by atoms with Crippen molar-refractivity contribution in [3.8, 4) is 5.75 Å². The van der Waals surface area contributed by atoms with Crippen molar-refractivity contribution in [3.63, 3.8) is 0 Å². The van der Waals surface area contributed by atoms with E-state index in [0.717, 1.165) is 18.2 Å². The van der Waals surface area contributed by atoms with E-state index in [1.165, 1.54) is 0 Å². The smallest absolute Gasteiger partial charge is 0.311 e. The van der Waals surface area contributed by atoms with Crippen LogP contribution < -0.4 is 4.74 Å². The van der Waals surface area contributed by atoms with Crippen LogP contribution in [0.4, 0.5) is 10.1 Å². The summed E-state index contributed by atoms with van der Waals surface area (Å²) in [6.45, 7) is 1.66. The van der Waals surface area contributed by atoms with E-state index in [4.69, 9.17) is 14.2 Å². The molecule has 6 nitrogen and oxygen atoms in total. The second-order valence-corrected chi connectivity index (χ2v) is 3.68. The molecule has 0 spiro atoms. The molecule has 0 unspecified atom stereocenters. The minimum Gasteiger partial charge on any atom is -0.487 e. The lowest BCUT2D eigenvalue weighted by molar-refractivity contribution is -0.385. The molecule has 0 radical (unpaired) electrons. The van der Waals surface area contributed by atoms with Crippen molar-refractivity contribution in [3.05, 3.63) is 34.1 Å². The van der Waals surface area contributed by atoms with Crippen molar-refractivity contribution in [1.29, 1.82) is 0 Å². The highest BCUT2D eigenvalue weighted by Gasteiger charge is 2.15. The van der Waals surface area contributed by atoms with E-state index in [1.54, 1.807) is 7.11 Å². The maximum Gasteiger partial charge on any atom is 0.311 e. The van der Waals surface area contributed by atoms with Gasteiger partial charge < -0.3 is 14.2 Å². The first-order valence-corrected chi connectivity index (χ1v) is 5.78. The summed E-state index contributed by atoms with van der Waals surface area (Å²) in [6, 6.07) is 3.11. The van der Waals surface area contributed by atoms with Gasteiger partial charge in [-0.1, -0.05) is 0 Å². The van der Waals surface area contributed by atoms with Crippen molar-refractivity contribution in [2.45, 2.75) is 6.42 Å². The van der Waals surface area contributed by atoms with Crippen LogP contribution in [0, 0.1) is 15.9 Å². The first-order valence-electron chi connectivity index (χ1n) is 5.78. The van der Waals surface area contributed by atoms with Crippen molar-refractivity contribution in [1.82, 2.24) is 0 Å². The van der Waals surface area contributed by atoms with Crippen molar-refractivity contribution in [2.75, 3.05) is 33.5 Å². The highest BCUT2D eigenvalue weighted by molar-refractivity contribution is 5.46. The Hall–Kier alpha value is -1.73. The van der Waals surface area contributed by atoms with E-state index < -0.39 is 10.7 Å². The van der Waals surface area contributed by atoms with Gasteiger partial charge in [0.15, 0.2) is 5.75 Å². The molecule has 106 valence electrons. The number of ether oxygens (including phenoxy) is 3. The summed E-state index contributed by atoms with van der Waals surface area (Å²) in [7, 11) is 1.58. The fourth-order valence-electron chi connectivity index (χ4n) is 1.34. The Kier molecular flexibility index (Phi) is 6.76. The molecule has 0 amide bonds. The number of nitrogens with zero attached hydrogens (tertiary/aromatic N) is 1. The molecule has 0 fully saturated rings. The van der Waals surface area contributed by atoms with Crippen LogP contribution in [-0.4, -0.2) is 38.5 Å². The van der Waals surface area contributed by atoms with E-state index in [9.17, 15) is 14.5 Å². The van der Waals surface area contributed by atoms with Gasteiger partial charge in [-0.3, -0.25) is 10.1 Å². The van der Waals surface area contributed by atoms with Crippen LogP contribution in [0.2, 0.25) is 0 Å². The first-order chi connectivity index (χ1) is 9.15. The van der Waals surface area contributed by atoms with Gasteiger partial charge in [0.25, 0.3) is 0 Å². The van der Waals surface area contributed by atoms with Crippen molar-refractivity contribution < 1.29 is 23.5 Å². The molecule has 0 atom stereocenters. The molecule has 1 aromatic carbocycles. The van der Waals surface area contributed by atoms with Gasteiger partial charge in [0.05, 0.1) is 24.7 Å². The third-order valence-corrected chi connectivity index (χ3v) is 2.24. The molecule has 0 heterocycles. The maximum atomic E-state index is 13.0. The Morgan fingerprint density at radius 3 is 2.74 bits per heavy atom. The molecule has 0 N–H and O–H groups in total. The number of hydrogen-bond acceptors (Lipinski definition) is 5. The Morgan fingerprint density at radius 1 is 1.26 bits per heavy atom. The van der Waals surface area contributed by atoms with Crippen LogP contribution in [0.1, 0.15) is 6.42 Å². The summed E-state index contributed by atoms with van der Waals surface area (Å²) in [5, 5.41) is 10.7. The zero-order valence-corrected chi connectivity index (χ0v) is 10.6. The van der Waals surface area contributed by atoms with Gasteiger partial charge in [-0.2, -0.15) is 0 Å². The van der Waals surface area contributed by atoms with Gasteiger partial charge in [-0.05, 0) is 6.07 Å². The molecular formula is C12H16FNO5. The predicted molar refractivity (Wildman–Crippen MR) is 65.9 cm³/mol. The van der Waals surface area contributed by atoms with Gasteiger partial charge in [-0.15, -0.1) is 0 Å². The molecule has 7 heteroatoms. The molecule has 0 aromatic heterocycles. The molecule has 0 bridgehead atoms. The summed E-state index contributed by atoms with van der Waals surface area (Å²) >= 11 is 0. The molecular weight excluding hydrogens is 257 g/mol. The highest BCUT2D eigenvalue weighted by atomic mass is 19.1. The number of hydrogen-bond donors (Lipinski definition) is 0. The molecule has 0 saturated heterocycles. The Morgan fingerprint density at radius 2 is 2.05 bits per heavy atom. The monoisotopic (exact) mass is 273 g/mol. The number of nitro benzene ring substituents is 1. The van der Waals surface area contributed by atoms with Crippen LogP contribution in [0.3, 0.4) is 0 Å². The van der Waals surface area contributed by atoms with E-state index in [0.29, 0.717) is 26.2 Å². The molecule has 19 heavy (non-hydrogen) atoms. The largest absolute Gasteiger partial charge is 0.487 e. The van der Waals surface area contributed by atoms with Gasteiger partial charge in [0, 0.05) is 32.3 Å². The highest BCUT2D eigenvalue weighted by Crippen LogP contribution is 2.27. The zero-order chi connectivity index (χ0) is 14.1. The third-order valence-electron chi connectivity index (χ3n) is 2.24. The molecule has 1 aromatic rings. The van der Waals surface area contributed by atoms with Gasteiger partial charge in [0.2, 0.25) is 0 Å². The standard InChI is InChI=1S/C12H16FNO5/c1-17-7-8-18-5-2-6-19-12-9-10(13)3-4-11(12)14(15)16/h3-4,9H,2,5-8H2,1H3. The minimum atomic E-state index is -0.607. The average Bonchev–Trinajstić information content (AvgIpc) is 2.37. The number of methoxy groups -OCH3 is 1. The van der Waals surface area contributed by atoms with E-state index in [-0.39, 0.29) is 18.0 Å². The summed E-state index contributed by atoms with van der Waals surface area (Å²) in [4.78, 5) is 10.1. The predicted octanol–water partition coefficient (Wildman–Crippen LogP) is 2.17. The van der Waals surface area contributed by atoms with Gasteiger partial charge >= 0.3 is 5.69 Å². The number of rotatable bonds is 9. The third kappa shape index (κ3) is 5.62. The van der Waals surface area contributed by atoms with Crippen molar-refractivity contribution in [2.24, 2.45) is 0 Å².